The fourth-order valence-electron chi connectivity index (χ4n) is 1.98. The van der Waals surface area contributed by atoms with Crippen molar-refractivity contribution in [1.29, 1.82) is 0 Å². The summed E-state index contributed by atoms with van der Waals surface area (Å²) in [7, 11) is 0. The molecule has 0 aliphatic heterocycles. The number of carbonyl (C=O) groups is 2. The zero-order chi connectivity index (χ0) is 17.7. The van der Waals surface area contributed by atoms with Crippen LogP contribution in [0.4, 0.5) is 0 Å². The molecule has 0 saturated heterocycles. The molecule has 0 fully saturated rings. The van der Waals surface area contributed by atoms with Crippen LogP contribution in [-0.4, -0.2) is 17.0 Å². The van der Waals surface area contributed by atoms with Crippen molar-refractivity contribution in [2.75, 3.05) is 0 Å². The van der Waals surface area contributed by atoms with E-state index in [1.54, 1.807) is 12.1 Å². The lowest BCUT2D eigenvalue weighted by Crippen LogP contribution is -2.32. The first-order chi connectivity index (χ1) is 11.0. The van der Waals surface area contributed by atoms with Gasteiger partial charge < -0.3 is 9.94 Å². The third-order valence-corrected chi connectivity index (χ3v) is 3.70. The smallest absolute Gasteiger partial charge is 0.306 e. The summed E-state index contributed by atoms with van der Waals surface area (Å²) in [5.41, 5.74) is 2.46. The normalized spacial score (nSPS) is 10.0. The molecular formula is C18H29NO4. The Labute approximate surface area is 139 Å². The highest BCUT2D eigenvalue weighted by atomic mass is 16.7. The summed E-state index contributed by atoms with van der Waals surface area (Å²) in [5, 5.41) is 8.37. The number of aliphatic carboxylic acids is 1. The van der Waals surface area contributed by atoms with E-state index in [-0.39, 0.29) is 17.7 Å². The van der Waals surface area contributed by atoms with E-state index in [0.29, 0.717) is 5.75 Å². The molecule has 1 aromatic rings. The summed E-state index contributed by atoms with van der Waals surface area (Å²) in [4.78, 5) is 26.9. The van der Waals surface area contributed by atoms with Gasteiger partial charge in [-0.05, 0) is 37.8 Å². The second-order valence-corrected chi connectivity index (χ2v) is 5.25. The minimum atomic E-state index is -0.671. The number of benzene rings is 1. The van der Waals surface area contributed by atoms with Gasteiger partial charge in [0.05, 0.1) is 5.92 Å². The number of amides is 1. The molecule has 5 heteroatoms. The zero-order valence-electron chi connectivity index (χ0n) is 14.5. The van der Waals surface area contributed by atoms with Gasteiger partial charge in [0.2, 0.25) is 0 Å². The van der Waals surface area contributed by atoms with Gasteiger partial charge in [-0.25, -0.2) is 0 Å². The van der Waals surface area contributed by atoms with E-state index in [0.717, 1.165) is 25.7 Å². The molecule has 0 unspecified atom stereocenters. The molecule has 0 spiro atoms. The lowest BCUT2D eigenvalue weighted by molar-refractivity contribution is -0.141. The first kappa shape index (κ1) is 21.0. The van der Waals surface area contributed by atoms with Crippen LogP contribution >= 0.6 is 0 Å². The Bertz CT molecular complexity index is 440. The molecule has 0 heterocycles. The number of nitrogens with one attached hydrogen (secondary N) is 1. The Balaban J connectivity index is 0.000000515. The minimum absolute atomic E-state index is 0.0358. The van der Waals surface area contributed by atoms with Gasteiger partial charge in [0, 0.05) is 5.92 Å². The second kappa shape index (κ2) is 12.5. The number of hydrogen-bond acceptors (Lipinski definition) is 3. The van der Waals surface area contributed by atoms with Crippen molar-refractivity contribution in [3.8, 4) is 5.75 Å². The molecule has 0 aliphatic carbocycles. The Morgan fingerprint density at radius 1 is 0.957 bits per heavy atom. The van der Waals surface area contributed by atoms with Crippen molar-refractivity contribution < 1.29 is 19.5 Å². The highest BCUT2D eigenvalue weighted by Gasteiger charge is 2.14. The van der Waals surface area contributed by atoms with Crippen LogP contribution in [0.15, 0.2) is 30.3 Å². The van der Waals surface area contributed by atoms with Gasteiger partial charge in [0.25, 0.3) is 5.91 Å². The fraction of sp³-hybridized carbons (Fsp3) is 0.556. The quantitative estimate of drug-likeness (QED) is 0.708. The van der Waals surface area contributed by atoms with Crippen LogP contribution in [0.5, 0.6) is 5.75 Å². The van der Waals surface area contributed by atoms with E-state index in [1.165, 1.54) is 0 Å². The minimum Gasteiger partial charge on any atom is -0.481 e. The summed E-state index contributed by atoms with van der Waals surface area (Å²) in [6, 6.07) is 9.22. The summed E-state index contributed by atoms with van der Waals surface area (Å²) in [6.07, 6.45) is 3.15. The van der Waals surface area contributed by atoms with Crippen LogP contribution in [-0.2, 0) is 9.59 Å². The Kier molecular flexibility index (Phi) is 11.4. The molecule has 5 nitrogen and oxygen atoms in total. The first-order valence-electron chi connectivity index (χ1n) is 8.24. The first-order valence-corrected chi connectivity index (χ1v) is 8.24. The van der Waals surface area contributed by atoms with Crippen LogP contribution in [0, 0.1) is 11.8 Å². The average molecular weight is 323 g/mol. The third-order valence-electron chi connectivity index (χ3n) is 3.70. The number of carbonyl (C=O) groups excluding carboxylic acids is 1. The number of carboxylic acid groups (broad SMARTS) is 1. The molecule has 1 amide bonds. The van der Waals surface area contributed by atoms with Crippen molar-refractivity contribution in [3.63, 3.8) is 0 Å². The van der Waals surface area contributed by atoms with E-state index in [2.05, 4.69) is 5.48 Å². The van der Waals surface area contributed by atoms with Crippen LogP contribution in [0.25, 0.3) is 0 Å². The Morgan fingerprint density at radius 2 is 1.43 bits per heavy atom. The number of carboxylic acids is 1. The summed E-state index contributed by atoms with van der Waals surface area (Å²) < 4.78 is 0. The second-order valence-electron chi connectivity index (χ2n) is 5.25. The fourth-order valence-corrected chi connectivity index (χ4v) is 1.98. The molecule has 0 radical (unpaired) electrons. The maximum atomic E-state index is 11.5. The van der Waals surface area contributed by atoms with Gasteiger partial charge in [0.15, 0.2) is 5.75 Å². The molecule has 0 aliphatic rings. The Morgan fingerprint density at radius 3 is 1.78 bits per heavy atom. The largest absolute Gasteiger partial charge is 0.481 e. The summed E-state index contributed by atoms with van der Waals surface area (Å²) in [5.74, 6) is -0.167. The van der Waals surface area contributed by atoms with Crippen LogP contribution in [0.2, 0.25) is 0 Å². The van der Waals surface area contributed by atoms with Crippen LogP contribution < -0.4 is 10.3 Å². The number of rotatable bonds is 8. The lowest BCUT2D eigenvalue weighted by Gasteiger charge is -2.12. The maximum absolute atomic E-state index is 11.5. The molecule has 1 aromatic carbocycles. The van der Waals surface area contributed by atoms with Gasteiger partial charge >= 0.3 is 5.97 Å². The van der Waals surface area contributed by atoms with Crippen molar-refractivity contribution >= 4 is 11.9 Å². The SMILES string of the molecule is CCC(CC)C(=O)NOc1ccccc1.CCC(CC)C(=O)O. The summed E-state index contributed by atoms with van der Waals surface area (Å²) >= 11 is 0. The van der Waals surface area contributed by atoms with Crippen LogP contribution in [0.3, 0.4) is 0 Å². The molecule has 0 saturated carbocycles. The molecular weight excluding hydrogens is 294 g/mol. The van der Waals surface area contributed by atoms with Crippen molar-refractivity contribution in [3.05, 3.63) is 30.3 Å². The van der Waals surface area contributed by atoms with Gasteiger partial charge in [-0.1, -0.05) is 45.9 Å². The van der Waals surface area contributed by atoms with Gasteiger partial charge in [0.1, 0.15) is 0 Å². The van der Waals surface area contributed by atoms with Gasteiger partial charge in [-0.2, -0.15) is 5.48 Å². The molecule has 1 rings (SSSR count). The Hall–Kier alpha value is -2.04. The molecule has 2 N–H and O–H groups in total. The summed E-state index contributed by atoms with van der Waals surface area (Å²) in [6.45, 7) is 7.77. The van der Waals surface area contributed by atoms with Gasteiger partial charge in [-0.3, -0.25) is 9.59 Å². The van der Waals surface area contributed by atoms with Crippen molar-refractivity contribution in [2.24, 2.45) is 11.8 Å². The molecule has 0 aromatic heterocycles. The van der Waals surface area contributed by atoms with E-state index in [9.17, 15) is 9.59 Å². The standard InChI is InChI=1S/C12H17NO2.C6H12O2/c1-3-10(4-2)12(14)13-15-11-8-6-5-7-9-11;1-3-5(4-2)6(7)8/h5-10H,3-4H2,1-2H3,(H,13,14);5H,3-4H2,1-2H3,(H,7,8). The third kappa shape index (κ3) is 8.86. The predicted octanol–water partition coefficient (Wildman–Crippen LogP) is 4.04. The molecule has 0 atom stereocenters. The van der Waals surface area contributed by atoms with E-state index in [1.807, 2.05) is 45.9 Å². The molecule has 23 heavy (non-hydrogen) atoms. The average Bonchev–Trinajstić information content (AvgIpc) is 2.56. The number of para-hydroxylation sites is 1. The van der Waals surface area contributed by atoms with E-state index >= 15 is 0 Å². The van der Waals surface area contributed by atoms with Gasteiger partial charge in [-0.15, -0.1) is 0 Å². The maximum Gasteiger partial charge on any atom is 0.306 e. The zero-order valence-corrected chi connectivity index (χ0v) is 14.5. The van der Waals surface area contributed by atoms with E-state index < -0.39 is 5.97 Å². The van der Waals surface area contributed by atoms with Crippen molar-refractivity contribution in [2.45, 2.75) is 53.4 Å². The van der Waals surface area contributed by atoms with Crippen LogP contribution in [0.1, 0.15) is 53.4 Å². The highest BCUT2D eigenvalue weighted by molar-refractivity contribution is 5.77. The monoisotopic (exact) mass is 323 g/mol. The topological polar surface area (TPSA) is 75.6 Å². The number of hydroxylamine groups is 1. The lowest BCUT2D eigenvalue weighted by atomic mass is 10.0. The highest BCUT2D eigenvalue weighted by Crippen LogP contribution is 2.10. The number of hydrogen-bond donors (Lipinski definition) is 2. The van der Waals surface area contributed by atoms with Crippen molar-refractivity contribution in [1.82, 2.24) is 5.48 Å². The van der Waals surface area contributed by atoms with E-state index in [4.69, 9.17) is 9.94 Å². The predicted molar refractivity (Wildman–Crippen MR) is 91.0 cm³/mol. The molecule has 130 valence electrons. The molecule has 0 bridgehead atoms.